The van der Waals surface area contributed by atoms with Gasteiger partial charge in [-0.2, -0.15) is 5.10 Å². The van der Waals surface area contributed by atoms with E-state index in [4.69, 9.17) is 4.74 Å². The number of carbonyl (C=O) groups excluding carboxylic acids is 1. The maximum Gasteiger partial charge on any atom is 0.323 e. The van der Waals surface area contributed by atoms with E-state index in [9.17, 15) is 4.79 Å². The lowest BCUT2D eigenvalue weighted by atomic mass is 10.0. The molecule has 2 amide bonds. The SMILES string of the molecule is Cc1cc(NC(=O)N2CCC=C(c3ccccc3)C2)n(C2CCOC2)n1. The summed E-state index contributed by atoms with van der Waals surface area (Å²) in [5, 5.41) is 7.60. The van der Waals surface area contributed by atoms with Crippen molar-refractivity contribution in [2.45, 2.75) is 25.8 Å². The van der Waals surface area contributed by atoms with Crippen molar-refractivity contribution in [3.63, 3.8) is 0 Å². The monoisotopic (exact) mass is 352 g/mol. The second kappa shape index (κ2) is 7.33. The summed E-state index contributed by atoms with van der Waals surface area (Å²) >= 11 is 0. The molecule has 0 bridgehead atoms. The summed E-state index contributed by atoms with van der Waals surface area (Å²) in [4.78, 5) is 14.7. The number of hydrogen-bond acceptors (Lipinski definition) is 3. The van der Waals surface area contributed by atoms with Gasteiger partial charge in [-0.15, -0.1) is 0 Å². The number of ether oxygens (including phenoxy) is 1. The zero-order valence-electron chi connectivity index (χ0n) is 15.0. The predicted octanol–water partition coefficient (Wildman–Crippen LogP) is 3.47. The van der Waals surface area contributed by atoms with Gasteiger partial charge in [0.25, 0.3) is 0 Å². The number of urea groups is 1. The number of rotatable bonds is 3. The van der Waals surface area contributed by atoms with Crippen LogP contribution in [-0.2, 0) is 4.74 Å². The Morgan fingerprint density at radius 2 is 2.15 bits per heavy atom. The molecule has 4 rings (SSSR count). The van der Waals surface area contributed by atoms with Crippen LogP contribution in [0.4, 0.5) is 10.6 Å². The van der Waals surface area contributed by atoms with E-state index in [-0.39, 0.29) is 12.1 Å². The van der Waals surface area contributed by atoms with Crippen LogP contribution in [0.1, 0.15) is 30.1 Å². The Morgan fingerprint density at radius 1 is 1.31 bits per heavy atom. The maximum atomic E-state index is 12.8. The molecular formula is C20H24N4O2. The maximum absolute atomic E-state index is 12.8. The summed E-state index contributed by atoms with van der Waals surface area (Å²) in [6, 6.07) is 12.3. The molecule has 3 heterocycles. The van der Waals surface area contributed by atoms with Gasteiger partial charge in [0.15, 0.2) is 0 Å². The molecule has 26 heavy (non-hydrogen) atoms. The van der Waals surface area contributed by atoms with Crippen molar-refractivity contribution >= 4 is 17.4 Å². The predicted molar refractivity (Wildman–Crippen MR) is 101 cm³/mol. The van der Waals surface area contributed by atoms with E-state index in [0.29, 0.717) is 13.2 Å². The van der Waals surface area contributed by atoms with Crippen LogP contribution in [0, 0.1) is 6.92 Å². The molecule has 0 aliphatic carbocycles. The van der Waals surface area contributed by atoms with Gasteiger partial charge >= 0.3 is 6.03 Å². The average Bonchev–Trinajstić information content (AvgIpc) is 3.32. The van der Waals surface area contributed by atoms with Crippen molar-refractivity contribution in [2.75, 3.05) is 31.6 Å². The normalized spacial score (nSPS) is 20.1. The Hall–Kier alpha value is -2.60. The van der Waals surface area contributed by atoms with Crippen LogP contribution in [0.2, 0.25) is 0 Å². The van der Waals surface area contributed by atoms with Gasteiger partial charge in [-0.05, 0) is 30.9 Å². The number of amides is 2. The van der Waals surface area contributed by atoms with Crippen molar-refractivity contribution in [1.82, 2.24) is 14.7 Å². The van der Waals surface area contributed by atoms with Gasteiger partial charge in [-0.3, -0.25) is 5.32 Å². The van der Waals surface area contributed by atoms with Crippen LogP contribution in [0.5, 0.6) is 0 Å². The summed E-state index contributed by atoms with van der Waals surface area (Å²) in [5.41, 5.74) is 3.27. The average molecular weight is 352 g/mol. The van der Waals surface area contributed by atoms with Crippen molar-refractivity contribution in [3.8, 4) is 0 Å². The van der Waals surface area contributed by atoms with Crippen LogP contribution in [0.3, 0.4) is 0 Å². The third-order valence-electron chi connectivity index (χ3n) is 4.93. The first-order valence-corrected chi connectivity index (χ1v) is 9.15. The molecule has 1 N–H and O–H groups in total. The van der Waals surface area contributed by atoms with Crippen molar-refractivity contribution < 1.29 is 9.53 Å². The molecule has 6 nitrogen and oxygen atoms in total. The molecule has 0 radical (unpaired) electrons. The number of hydrogen-bond donors (Lipinski definition) is 1. The van der Waals surface area contributed by atoms with E-state index in [1.807, 2.05) is 40.8 Å². The number of nitrogens with zero attached hydrogens (tertiary/aromatic N) is 3. The lowest BCUT2D eigenvalue weighted by molar-refractivity contribution is 0.184. The van der Waals surface area contributed by atoms with Gasteiger partial charge in [0.2, 0.25) is 0 Å². The fourth-order valence-electron chi connectivity index (χ4n) is 3.57. The topological polar surface area (TPSA) is 59.4 Å². The van der Waals surface area contributed by atoms with Crippen molar-refractivity contribution in [3.05, 3.63) is 53.7 Å². The van der Waals surface area contributed by atoms with Gasteiger partial charge in [0.1, 0.15) is 5.82 Å². The highest BCUT2D eigenvalue weighted by Crippen LogP contribution is 2.25. The number of aromatic nitrogens is 2. The molecule has 6 heteroatoms. The molecular weight excluding hydrogens is 328 g/mol. The molecule has 1 atom stereocenters. The Bertz CT molecular complexity index is 806. The van der Waals surface area contributed by atoms with Gasteiger partial charge in [-0.25, -0.2) is 9.48 Å². The van der Waals surface area contributed by atoms with E-state index in [0.717, 1.165) is 37.5 Å². The molecule has 0 spiro atoms. The standard InChI is InChI=1S/C20H24N4O2/c1-15-12-19(24(22-15)18-9-11-26-14-18)21-20(25)23-10-5-8-17(13-23)16-6-3-2-4-7-16/h2-4,6-8,12,18H,5,9-11,13-14H2,1H3,(H,21,25). The van der Waals surface area contributed by atoms with Crippen LogP contribution >= 0.6 is 0 Å². The van der Waals surface area contributed by atoms with E-state index in [1.165, 1.54) is 11.1 Å². The number of benzene rings is 1. The lowest BCUT2D eigenvalue weighted by Crippen LogP contribution is -2.39. The minimum atomic E-state index is -0.0772. The largest absolute Gasteiger partial charge is 0.379 e. The highest BCUT2D eigenvalue weighted by molar-refractivity contribution is 5.90. The summed E-state index contributed by atoms with van der Waals surface area (Å²) in [6.07, 6.45) is 4.02. The van der Waals surface area contributed by atoms with Crippen molar-refractivity contribution in [2.24, 2.45) is 0 Å². The number of aryl methyl sites for hydroxylation is 1. The molecule has 136 valence electrons. The lowest BCUT2D eigenvalue weighted by Gasteiger charge is -2.28. The Balaban J connectivity index is 1.46. The first kappa shape index (κ1) is 16.8. The molecule has 1 fully saturated rings. The quantitative estimate of drug-likeness (QED) is 0.920. The van der Waals surface area contributed by atoms with Crippen LogP contribution < -0.4 is 5.32 Å². The summed E-state index contributed by atoms with van der Waals surface area (Å²) < 4.78 is 7.37. The zero-order chi connectivity index (χ0) is 17.9. The zero-order valence-corrected chi connectivity index (χ0v) is 15.0. The second-order valence-electron chi connectivity index (χ2n) is 6.87. The molecule has 0 saturated carbocycles. The van der Waals surface area contributed by atoms with Gasteiger partial charge in [-0.1, -0.05) is 36.4 Å². The molecule has 2 aliphatic heterocycles. The van der Waals surface area contributed by atoms with Gasteiger partial charge in [0.05, 0.1) is 18.3 Å². The molecule has 1 aromatic carbocycles. The van der Waals surface area contributed by atoms with Gasteiger partial charge < -0.3 is 9.64 Å². The van der Waals surface area contributed by atoms with Crippen molar-refractivity contribution in [1.29, 1.82) is 0 Å². The first-order valence-electron chi connectivity index (χ1n) is 9.15. The molecule has 2 aromatic rings. The molecule has 1 saturated heterocycles. The minimum absolute atomic E-state index is 0.0772. The fraction of sp³-hybridized carbons (Fsp3) is 0.400. The third kappa shape index (κ3) is 3.51. The van der Waals surface area contributed by atoms with E-state index >= 15 is 0 Å². The third-order valence-corrected chi connectivity index (χ3v) is 4.93. The molecule has 1 unspecified atom stereocenters. The summed E-state index contributed by atoms with van der Waals surface area (Å²) in [5.74, 6) is 0.749. The van der Waals surface area contributed by atoms with E-state index < -0.39 is 0 Å². The first-order chi connectivity index (χ1) is 12.7. The number of anilines is 1. The highest BCUT2D eigenvalue weighted by Gasteiger charge is 2.24. The molecule has 2 aliphatic rings. The summed E-state index contributed by atoms with van der Waals surface area (Å²) in [6.45, 7) is 4.68. The Kier molecular flexibility index (Phi) is 4.75. The smallest absolute Gasteiger partial charge is 0.323 e. The van der Waals surface area contributed by atoms with Crippen LogP contribution in [0.25, 0.3) is 5.57 Å². The van der Waals surface area contributed by atoms with Crippen LogP contribution in [0.15, 0.2) is 42.5 Å². The second-order valence-corrected chi connectivity index (χ2v) is 6.87. The van der Waals surface area contributed by atoms with Crippen LogP contribution in [-0.4, -0.2) is 47.0 Å². The molecule has 1 aromatic heterocycles. The fourth-order valence-corrected chi connectivity index (χ4v) is 3.57. The Morgan fingerprint density at radius 3 is 2.92 bits per heavy atom. The highest BCUT2D eigenvalue weighted by atomic mass is 16.5. The number of carbonyl (C=O) groups is 1. The Labute approximate surface area is 153 Å². The summed E-state index contributed by atoms with van der Waals surface area (Å²) in [7, 11) is 0. The van der Waals surface area contributed by atoms with E-state index in [2.05, 4.69) is 28.6 Å². The minimum Gasteiger partial charge on any atom is -0.379 e. The van der Waals surface area contributed by atoms with Gasteiger partial charge in [0, 0.05) is 25.8 Å². The number of nitrogens with one attached hydrogen (secondary N) is 1. The van der Waals surface area contributed by atoms with E-state index in [1.54, 1.807) is 0 Å².